The fourth-order valence-electron chi connectivity index (χ4n) is 1.64. The lowest BCUT2D eigenvalue weighted by Gasteiger charge is -2.20. The Morgan fingerprint density at radius 1 is 1.29 bits per heavy atom. The van der Waals surface area contributed by atoms with E-state index in [1.165, 1.54) is 0 Å². The maximum absolute atomic E-state index is 4.65. The Bertz CT molecular complexity index is 339. The van der Waals surface area contributed by atoms with Gasteiger partial charge in [-0.25, -0.2) is 4.98 Å². The predicted molar refractivity (Wildman–Crippen MR) is 74.6 cm³/mol. The van der Waals surface area contributed by atoms with Crippen molar-refractivity contribution in [2.75, 3.05) is 6.54 Å². The molecule has 4 heteroatoms. The third-order valence-electron chi connectivity index (χ3n) is 2.80. The van der Waals surface area contributed by atoms with Gasteiger partial charge in [0.15, 0.2) is 0 Å². The molecule has 1 unspecified atom stereocenters. The molecule has 17 heavy (non-hydrogen) atoms. The molecule has 0 aromatic carbocycles. The third-order valence-corrected chi connectivity index (χ3v) is 3.54. The smallest absolute Gasteiger partial charge is 0.147 e. The van der Waals surface area contributed by atoms with Crippen LogP contribution in [-0.2, 0) is 11.8 Å². The maximum atomic E-state index is 4.65. The van der Waals surface area contributed by atoms with Crippen LogP contribution < -0.4 is 5.32 Å². The SMILES string of the molecule is CCNC(Cc1nc(C(C)(C)C)ns1)C(C)C. The minimum Gasteiger partial charge on any atom is -0.314 e. The first-order valence-electron chi connectivity index (χ1n) is 6.41. The molecular formula is C13H25N3S. The molecule has 1 heterocycles. The minimum atomic E-state index is 0.0558. The van der Waals surface area contributed by atoms with Crippen molar-refractivity contribution in [3.05, 3.63) is 10.8 Å². The number of nitrogens with zero attached hydrogens (tertiary/aromatic N) is 2. The van der Waals surface area contributed by atoms with Gasteiger partial charge in [-0.1, -0.05) is 41.5 Å². The van der Waals surface area contributed by atoms with Crippen molar-refractivity contribution in [3.63, 3.8) is 0 Å². The minimum absolute atomic E-state index is 0.0558. The molecule has 0 bridgehead atoms. The molecule has 0 aliphatic heterocycles. The van der Waals surface area contributed by atoms with E-state index < -0.39 is 0 Å². The predicted octanol–water partition coefficient (Wildman–Crippen LogP) is 3.01. The van der Waals surface area contributed by atoms with Gasteiger partial charge in [-0.3, -0.25) is 0 Å². The molecule has 98 valence electrons. The van der Waals surface area contributed by atoms with Gasteiger partial charge in [-0.2, -0.15) is 4.37 Å². The standard InChI is InChI=1S/C13H25N3S/c1-7-14-10(9(2)3)8-11-15-12(16-17-11)13(4,5)6/h9-10,14H,7-8H2,1-6H3. The molecule has 3 nitrogen and oxygen atoms in total. The summed E-state index contributed by atoms with van der Waals surface area (Å²) in [6.45, 7) is 14.1. The van der Waals surface area contributed by atoms with Gasteiger partial charge >= 0.3 is 0 Å². The summed E-state index contributed by atoms with van der Waals surface area (Å²) in [5, 5.41) is 4.67. The first-order chi connectivity index (χ1) is 7.84. The largest absolute Gasteiger partial charge is 0.314 e. The second kappa shape index (κ2) is 5.91. The number of aromatic nitrogens is 2. The van der Waals surface area contributed by atoms with E-state index in [1.54, 1.807) is 11.5 Å². The van der Waals surface area contributed by atoms with E-state index >= 15 is 0 Å². The van der Waals surface area contributed by atoms with Gasteiger partial charge in [0.1, 0.15) is 10.8 Å². The zero-order valence-corrected chi connectivity index (χ0v) is 12.7. The van der Waals surface area contributed by atoms with Crippen LogP contribution in [-0.4, -0.2) is 21.9 Å². The van der Waals surface area contributed by atoms with Gasteiger partial charge in [0, 0.05) is 17.9 Å². The Morgan fingerprint density at radius 3 is 2.35 bits per heavy atom. The summed E-state index contributed by atoms with van der Waals surface area (Å²) in [6, 6.07) is 0.501. The first-order valence-corrected chi connectivity index (χ1v) is 7.18. The van der Waals surface area contributed by atoms with E-state index in [-0.39, 0.29) is 5.41 Å². The average Bonchev–Trinajstić information content (AvgIpc) is 2.64. The number of nitrogens with one attached hydrogen (secondary N) is 1. The Hall–Kier alpha value is -0.480. The summed E-state index contributed by atoms with van der Waals surface area (Å²) >= 11 is 1.55. The second-order valence-corrected chi connectivity index (χ2v) is 6.71. The monoisotopic (exact) mass is 255 g/mol. The molecule has 0 amide bonds. The van der Waals surface area contributed by atoms with Gasteiger partial charge in [-0.05, 0) is 24.0 Å². The molecule has 0 saturated heterocycles. The van der Waals surface area contributed by atoms with E-state index in [0.717, 1.165) is 23.8 Å². The molecule has 0 radical (unpaired) electrons. The van der Waals surface area contributed by atoms with Crippen LogP contribution in [0.3, 0.4) is 0 Å². The van der Waals surface area contributed by atoms with Crippen molar-refractivity contribution in [1.82, 2.24) is 14.7 Å². The van der Waals surface area contributed by atoms with E-state index in [9.17, 15) is 0 Å². The van der Waals surface area contributed by atoms with E-state index in [2.05, 4.69) is 56.2 Å². The van der Waals surface area contributed by atoms with Crippen molar-refractivity contribution in [2.45, 2.75) is 59.4 Å². The molecule has 1 atom stereocenters. The van der Waals surface area contributed by atoms with Gasteiger partial charge in [-0.15, -0.1) is 0 Å². The van der Waals surface area contributed by atoms with Crippen LogP contribution >= 0.6 is 11.5 Å². The van der Waals surface area contributed by atoms with Crippen LogP contribution in [0.25, 0.3) is 0 Å². The maximum Gasteiger partial charge on any atom is 0.147 e. The van der Waals surface area contributed by atoms with E-state index in [4.69, 9.17) is 0 Å². The average molecular weight is 255 g/mol. The Labute approximate surface area is 109 Å². The third kappa shape index (κ3) is 4.36. The van der Waals surface area contributed by atoms with Gasteiger partial charge in [0.25, 0.3) is 0 Å². The Balaban J connectivity index is 2.70. The zero-order valence-electron chi connectivity index (χ0n) is 11.9. The van der Waals surface area contributed by atoms with Gasteiger partial charge < -0.3 is 5.32 Å². The number of likely N-dealkylation sites (N-methyl/N-ethyl adjacent to an activating group) is 1. The first kappa shape index (κ1) is 14.6. The Kier molecular flexibility index (Phi) is 5.07. The number of hydrogen-bond donors (Lipinski definition) is 1. The van der Waals surface area contributed by atoms with Crippen molar-refractivity contribution in [2.24, 2.45) is 5.92 Å². The summed E-state index contributed by atoms with van der Waals surface area (Å²) in [4.78, 5) is 4.65. The highest BCUT2D eigenvalue weighted by atomic mass is 32.1. The van der Waals surface area contributed by atoms with Crippen LogP contribution in [0.5, 0.6) is 0 Å². The highest BCUT2D eigenvalue weighted by Gasteiger charge is 2.21. The molecule has 0 saturated carbocycles. The summed E-state index contributed by atoms with van der Waals surface area (Å²) in [6.07, 6.45) is 0.985. The summed E-state index contributed by atoms with van der Waals surface area (Å²) < 4.78 is 4.46. The highest BCUT2D eigenvalue weighted by Crippen LogP contribution is 2.21. The van der Waals surface area contributed by atoms with Crippen molar-refractivity contribution < 1.29 is 0 Å². The van der Waals surface area contributed by atoms with Crippen LogP contribution in [0.2, 0.25) is 0 Å². The van der Waals surface area contributed by atoms with Crippen LogP contribution in [0.4, 0.5) is 0 Å². The van der Waals surface area contributed by atoms with Crippen LogP contribution in [0.1, 0.15) is 52.4 Å². The highest BCUT2D eigenvalue weighted by molar-refractivity contribution is 7.05. The number of rotatable bonds is 5. The lowest BCUT2D eigenvalue weighted by molar-refractivity contribution is 0.404. The van der Waals surface area contributed by atoms with Crippen molar-refractivity contribution in [3.8, 4) is 0 Å². The zero-order chi connectivity index (χ0) is 13.1. The summed E-state index contributed by atoms with van der Waals surface area (Å²) in [7, 11) is 0. The fourth-order valence-corrected chi connectivity index (χ4v) is 2.52. The molecule has 0 spiro atoms. The summed E-state index contributed by atoms with van der Waals surface area (Å²) in [5.41, 5.74) is 0.0558. The van der Waals surface area contributed by atoms with Gasteiger partial charge in [0.2, 0.25) is 0 Å². The summed E-state index contributed by atoms with van der Waals surface area (Å²) in [5.74, 6) is 1.59. The Morgan fingerprint density at radius 2 is 1.94 bits per heavy atom. The normalized spacial score (nSPS) is 14.3. The molecule has 0 aliphatic carbocycles. The van der Waals surface area contributed by atoms with Crippen molar-refractivity contribution >= 4 is 11.5 Å². The van der Waals surface area contributed by atoms with Crippen LogP contribution in [0.15, 0.2) is 0 Å². The van der Waals surface area contributed by atoms with Crippen LogP contribution in [0, 0.1) is 5.92 Å². The van der Waals surface area contributed by atoms with Crippen molar-refractivity contribution in [1.29, 1.82) is 0 Å². The number of hydrogen-bond acceptors (Lipinski definition) is 4. The lowest BCUT2D eigenvalue weighted by Crippen LogP contribution is -2.35. The second-order valence-electron chi connectivity index (χ2n) is 5.87. The molecule has 1 rings (SSSR count). The van der Waals surface area contributed by atoms with E-state index in [0.29, 0.717) is 12.0 Å². The van der Waals surface area contributed by atoms with Gasteiger partial charge in [0.05, 0.1) is 0 Å². The molecule has 1 aromatic rings. The molecule has 1 N–H and O–H groups in total. The topological polar surface area (TPSA) is 37.8 Å². The molecule has 0 fully saturated rings. The quantitative estimate of drug-likeness (QED) is 0.879. The fraction of sp³-hybridized carbons (Fsp3) is 0.846. The van der Waals surface area contributed by atoms with E-state index in [1.807, 2.05) is 0 Å². The lowest BCUT2D eigenvalue weighted by atomic mass is 9.96. The molecule has 1 aromatic heterocycles. The molecular weight excluding hydrogens is 230 g/mol. The molecule has 0 aliphatic rings.